The molecule has 12 heteroatoms. The fraction of sp³-hybridized carbons (Fsp3) is 0.136. The molecule has 4 aromatic rings. The number of aromatic nitrogens is 4. The predicted octanol–water partition coefficient (Wildman–Crippen LogP) is 5.41. The fourth-order valence-electron chi connectivity index (χ4n) is 3.35. The number of benzene rings is 2. The molecular weight excluding hydrogens is 476 g/mol. The van der Waals surface area contributed by atoms with Gasteiger partial charge in [-0.2, -0.15) is 18.3 Å². The number of nitrogens with zero attached hydrogens (tertiary/aromatic N) is 4. The zero-order valence-corrected chi connectivity index (χ0v) is 18.3. The molecular formula is C22H17ClF4N6O. The van der Waals surface area contributed by atoms with Crippen molar-refractivity contribution in [2.24, 2.45) is 5.73 Å². The molecule has 2 heterocycles. The van der Waals surface area contributed by atoms with Crippen molar-refractivity contribution >= 4 is 28.9 Å². The van der Waals surface area contributed by atoms with Gasteiger partial charge in [-0.15, -0.1) is 0 Å². The van der Waals surface area contributed by atoms with Crippen LogP contribution in [0.4, 0.5) is 28.9 Å². The van der Waals surface area contributed by atoms with E-state index in [0.717, 1.165) is 10.9 Å². The van der Waals surface area contributed by atoms with Gasteiger partial charge in [0, 0.05) is 24.0 Å². The summed E-state index contributed by atoms with van der Waals surface area (Å²) in [5.41, 5.74) is 5.37. The minimum absolute atomic E-state index is 0.0538. The van der Waals surface area contributed by atoms with Crippen molar-refractivity contribution < 1.29 is 22.4 Å². The first kappa shape index (κ1) is 23.3. The van der Waals surface area contributed by atoms with E-state index in [0.29, 0.717) is 17.8 Å². The summed E-state index contributed by atoms with van der Waals surface area (Å²) in [4.78, 5) is 15.6. The number of hydrogen-bond acceptors (Lipinski definition) is 4. The highest BCUT2D eigenvalue weighted by Gasteiger charge is 2.34. The number of nitrogens with two attached hydrogens (primary N) is 1. The van der Waals surface area contributed by atoms with Crippen LogP contribution in [0.3, 0.4) is 0 Å². The van der Waals surface area contributed by atoms with Crippen LogP contribution in [0.15, 0.2) is 54.9 Å². The Hall–Kier alpha value is -3.86. The molecule has 0 saturated carbocycles. The summed E-state index contributed by atoms with van der Waals surface area (Å²) in [5.74, 6) is -1.33. The second kappa shape index (κ2) is 8.82. The number of hydrogen-bond donors (Lipinski definition) is 2. The molecule has 0 unspecified atom stereocenters. The molecule has 0 spiro atoms. The molecule has 2 aromatic carbocycles. The lowest BCUT2D eigenvalue weighted by atomic mass is 10.2. The lowest BCUT2D eigenvalue weighted by Crippen LogP contribution is -2.14. The number of carbonyl (C=O) groups excluding carboxylic acids is 1. The van der Waals surface area contributed by atoms with Crippen molar-refractivity contribution in [1.29, 1.82) is 0 Å². The Bertz CT molecular complexity index is 1340. The molecule has 0 fully saturated rings. The fourth-order valence-corrected chi connectivity index (χ4v) is 3.60. The summed E-state index contributed by atoms with van der Waals surface area (Å²) in [6.07, 6.45) is -2.23. The molecule has 0 radical (unpaired) electrons. The van der Waals surface area contributed by atoms with Gasteiger partial charge in [0.1, 0.15) is 17.3 Å². The van der Waals surface area contributed by atoms with E-state index >= 15 is 0 Å². The Labute approximate surface area is 195 Å². The van der Waals surface area contributed by atoms with Crippen LogP contribution in [0, 0.1) is 5.82 Å². The van der Waals surface area contributed by atoms with E-state index in [1.807, 2.05) is 0 Å². The van der Waals surface area contributed by atoms with E-state index in [9.17, 15) is 22.4 Å². The van der Waals surface area contributed by atoms with Crippen molar-refractivity contribution in [3.05, 3.63) is 77.1 Å². The topological polar surface area (TPSA) is 90.8 Å². The molecule has 0 atom stereocenters. The molecule has 2 aromatic heterocycles. The van der Waals surface area contributed by atoms with Gasteiger partial charge in [0.05, 0.1) is 16.9 Å². The molecule has 1 amide bonds. The number of imidazole rings is 1. The number of nitrogens with one attached hydrogen (secondary N) is 1. The number of amides is 1. The van der Waals surface area contributed by atoms with Gasteiger partial charge >= 0.3 is 6.18 Å². The summed E-state index contributed by atoms with van der Waals surface area (Å²) in [6.45, 7) is 2.02. The molecule has 7 nitrogen and oxygen atoms in total. The lowest BCUT2D eigenvalue weighted by Gasteiger charge is -2.08. The summed E-state index contributed by atoms with van der Waals surface area (Å²) in [7, 11) is 0. The van der Waals surface area contributed by atoms with Crippen LogP contribution in [0.2, 0.25) is 5.02 Å². The maximum atomic E-state index is 14.3. The average molecular weight is 493 g/mol. The number of rotatable bonds is 6. The summed E-state index contributed by atoms with van der Waals surface area (Å²) in [5, 5.41) is 7.09. The van der Waals surface area contributed by atoms with Crippen molar-refractivity contribution in [2.45, 2.75) is 19.6 Å². The first-order valence-electron chi connectivity index (χ1n) is 9.94. The van der Waals surface area contributed by atoms with Crippen LogP contribution in [0.25, 0.3) is 17.1 Å². The number of anilines is 2. The van der Waals surface area contributed by atoms with Gasteiger partial charge in [0.25, 0.3) is 5.91 Å². The number of para-hydroxylation sites is 1. The maximum Gasteiger partial charge on any atom is 0.434 e. The van der Waals surface area contributed by atoms with Gasteiger partial charge in [-0.1, -0.05) is 17.7 Å². The molecule has 176 valence electrons. The van der Waals surface area contributed by atoms with Crippen molar-refractivity contribution in [1.82, 2.24) is 19.3 Å². The molecule has 0 aliphatic rings. The molecule has 3 N–H and O–H groups in total. The van der Waals surface area contributed by atoms with Crippen LogP contribution in [-0.4, -0.2) is 25.2 Å². The SMILES string of the molecule is CCn1cc(C(F)(F)F)nc1-c1ccc(Nc2cn(-c3c(F)cccc3Cl)nc2C(N)=O)cc1. The van der Waals surface area contributed by atoms with Crippen molar-refractivity contribution in [2.75, 3.05) is 5.32 Å². The van der Waals surface area contributed by atoms with E-state index < -0.39 is 23.6 Å². The van der Waals surface area contributed by atoms with Gasteiger partial charge in [0.15, 0.2) is 11.4 Å². The molecule has 0 saturated heterocycles. The third-order valence-electron chi connectivity index (χ3n) is 4.94. The predicted molar refractivity (Wildman–Crippen MR) is 119 cm³/mol. The molecule has 0 bridgehead atoms. The molecule has 4 rings (SSSR count). The number of aryl methyl sites for hydroxylation is 1. The Morgan fingerprint density at radius 2 is 1.85 bits per heavy atom. The number of primary amides is 1. The maximum absolute atomic E-state index is 14.3. The Balaban J connectivity index is 1.65. The van der Waals surface area contributed by atoms with Gasteiger partial charge in [-0.25, -0.2) is 14.1 Å². The van der Waals surface area contributed by atoms with Crippen LogP contribution < -0.4 is 11.1 Å². The van der Waals surface area contributed by atoms with Crippen molar-refractivity contribution in [3.63, 3.8) is 0 Å². The molecule has 34 heavy (non-hydrogen) atoms. The normalized spacial score (nSPS) is 11.6. The number of halogens is 5. The van der Waals surface area contributed by atoms with Crippen LogP contribution in [0.1, 0.15) is 23.1 Å². The van der Waals surface area contributed by atoms with Gasteiger partial charge in [-0.05, 0) is 43.3 Å². The minimum atomic E-state index is -4.55. The monoisotopic (exact) mass is 492 g/mol. The van der Waals surface area contributed by atoms with E-state index in [4.69, 9.17) is 17.3 Å². The van der Waals surface area contributed by atoms with Crippen LogP contribution >= 0.6 is 11.6 Å². The molecule has 0 aliphatic carbocycles. The van der Waals surface area contributed by atoms with E-state index in [1.54, 1.807) is 31.2 Å². The highest BCUT2D eigenvalue weighted by Crippen LogP contribution is 2.32. The summed E-state index contributed by atoms with van der Waals surface area (Å²) >= 11 is 6.08. The Kier molecular flexibility index (Phi) is 6.05. The summed E-state index contributed by atoms with van der Waals surface area (Å²) < 4.78 is 56.0. The minimum Gasteiger partial charge on any atom is -0.364 e. The van der Waals surface area contributed by atoms with E-state index in [2.05, 4.69) is 15.4 Å². The second-order valence-corrected chi connectivity index (χ2v) is 7.61. The Morgan fingerprint density at radius 3 is 2.44 bits per heavy atom. The summed E-state index contributed by atoms with van der Waals surface area (Å²) in [6, 6.07) is 10.5. The second-order valence-electron chi connectivity index (χ2n) is 7.21. The average Bonchev–Trinajstić information content (AvgIpc) is 3.39. The lowest BCUT2D eigenvalue weighted by molar-refractivity contribution is -0.140. The van der Waals surface area contributed by atoms with E-state index in [-0.39, 0.29) is 27.9 Å². The number of carbonyl (C=O) groups is 1. The first-order chi connectivity index (χ1) is 16.1. The standard InChI is InChI=1S/C22H17ClF4N6O/c1-2-32-11-17(22(25,26)27)30-21(32)12-6-8-13(9-7-12)29-16-10-33(31-18(16)20(28)34)19-14(23)4-3-5-15(19)24/h3-11,29H,2H2,1H3,(H2,28,34). The smallest absolute Gasteiger partial charge is 0.364 e. The van der Waals surface area contributed by atoms with Crippen LogP contribution in [-0.2, 0) is 12.7 Å². The molecule has 0 aliphatic heterocycles. The Morgan fingerprint density at radius 1 is 1.15 bits per heavy atom. The zero-order chi connectivity index (χ0) is 24.6. The third-order valence-corrected chi connectivity index (χ3v) is 5.25. The largest absolute Gasteiger partial charge is 0.434 e. The van der Waals surface area contributed by atoms with Gasteiger partial charge in [0.2, 0.25) is 0 Å². The van der Waals surface area contributed by atoms with Crippen molar-refractivity contribution in [3.8, 4) is 17.1 Å². The third kappa shape index (κ3) is 4.46. The van der Waals surface area contributed by atoms with Crippen LogP contribution in [0.5, 0.6) is 0 Å². The van der Waals surface area contributed by atoms with Gasteiger partial charge in [-0.3, -0.25) is 4.79 Å². The highest BCUT2D eigenvalue weighted by atomic mass is 35.5. The first-order valence-corrected chi connectivity index (χ1v) is 10.3. The number of alkyl halides is 3. The van der Waals surface area contributed by atoms with E-state index in [1.165, 1.54) is 29.0 Å². The van der Waals surface area contributed by atoms with Gasteiger partial charge < -0.3 is 15.6 Å². The zero-order valence-electron chi connectivity index (χ0n) is 17.6. The quantitative estimate of drug-likeness (QED) is 0.352. The highest BCUT2D eigenvalue weighted by molar-refractivity contribution is 6.32.